The summed E-state index contributed by atoms with van der Waals surface area (Å²) < 4.78 is 2.07. The van der Waals surface area contributed by atoms with Crippen molar-refractivity contribution >= 4 is 28.7 Å². The van der Waals surface area contributed by atoms with E-state index in [0.29, 0.717) is 25.3 Å². The fraction of sp³-hybridized carbons (Fsp3) is 0.333. The van der Waals surface area contributed by atoms with Gasteiger partial charge in [0.2, 0.25) is 11.8 Å². The predicted octanol–water partition coefficient (Wildman–Crippen LogP) is 2.35. The molecule has 1 atom stereocenters. The van der Waals surface area contributed by atoms with E-state index in [2.05, 4.69) is 21.1 Å². The third kappa shape index (κ3) is 3.72. The summed E-state index contributed by atoms with van der Waals surface area (Å²) in [4.78, 5) is 36.4. The van der Waals surface area contributed by atoms with Crippen LogP contribution in [-0.4, -0.2) is 63.3 Å². The highest BCUT2D eigenvalue weighted by Gasteiger charge is 2.32. The Labute approximate surface area is 187 Å². The number of likely N-dealkylation sites (tertiary alicyclic amines) is 1. The molecule has 32 heavy (non-hydrogen) atoms. The van der Waals surface area contributed by atoms with Gasteiger partial charge in [0.1, 0.15) is 17.8 Å². The zero-order valence-corrected chi connectivity index (χ0v) is 18.7. The van der Waals surface area contributed by atoms with Crippen LogP contribution in [0.1, 0.15) is 23.6 Å². The van der Waals surface area contributed by atoms with Crippen molar-refractivity contribution in [3.63, 3.8) is 0 Å². The normalized spacial score (nSPS) is 15.8. The van der Waals surface area contributed by atoms with Gasteiger partial charge in [-0.3, -0.25) is 9.59 Å². The Morgan fingerprint density at radius 1 is 1.25 bits per heavy atom. The largest absolute Gasteiger partial charge is 0.383 e. The van der Waals surface area contributed by atoms with Crippen molar-refractivity contribution in [2.45, 2.75) is 18.8 Å². The van der Waals surface area contributed by atoms with Crippen molar-refractivity contribution < 1.29 is 9.59 Å². The van der Waals surface area contributed by atoms with Gasteiger partial charge in [0.25, 0.3) is 0 Å². The average molecular weight is 433 g/mol. The van der Waals surface area contributed by atoms with Gasteiger partial charge in [0, 0.05) is 51.4 Å². The number of benzene rings is 1. The summed E-state index contributed by atoms with van der Waals surface area (Å²) in [6, 6.07) is 7.98. The monoisotopic (exact) mass is 432 g/mol. The van der Waals surface area contributed by atoms with Crippen LogP contribution in [0.2, 0.25) is 0 Å². The molecule has 0 spiro atoms. The molecule has 2 aromatic heterocycles. The molecule has 0 radical (unpaired) electrons. The number of nitrogens with zero attached hydrogens (tertiary/aromatic N) is 5. The highest BCUT2D eigenvalue weighted by atomic mass is 16.2. The SMILES string of the molecule is C=CC(=O)N1CCC(c2c(-c3ccc(CC(=O)N(C)C)cc3)c3c(N)ncnc3n2C)C1. The number of aryl methyl sites for hydroxylation is 1. The standard InChI is InChI=1S/C24H28N6O2/c1-5-18(31)30-11-10-17(13-30)22-20(21-23(25)26-14-27-24(21)29(22)4)16-8-6-15(7-9-16)12-19(32)28(2)3/h5-9,14,17H,1,10-13H2,2-4H3,(H2,25,26,27). The second-order valence-corrected chi connectivity index (χ2v) is 8.41. The van der Waals surface area contributed by atoms with E-state index in [0.717, 1.165) is 39.8 Å². The molecule has 8 nitrogen and oxygen atoms in total. The van der Waals surface area contributed by atoms with Gasteiger partial charge >= 0.3 is 0 Å². The number of nitrogen functional groups attached to an aromatic ring is 1. The molecule has 1 saturated heterocycles. The van der Waals surface area contributed by atoms with E-state index < -0.39 is 0 Å². The second kappa shape index (κ2) is 8.45. The molecule has 1 aliphatic rings. The molecule has 4 rings (SSSR count). The molecule has 3 heterocycles. The highest BCUT2D eigenvalue weighted by molar-refractivity contribution is 6.02. The van der Waals surface area contributed by atoms with Gasteiger partial charge in [0.15, 0.2) is 0 Å². The van der Waals surface area contributed by atoms with E-state index >= 15 is 0 Å². The molecule has 2 N–H and O–H groups in total. The lowest BCUT2D eigenvalue weighted by molar-refractivity contribution is -0.128. The number of amides is 2. The summed E-state index contributed by atoms with van der Waals surface area (Å²) in [5, 5.41) is 0.815. The summed E-state index contributed by atoms with van der Waals surface area (Å²) in [6.07, 6.45) is 4.03. The zero-order chi connectivity index (χ0) is 23.0. The van der Waals surface area contributed by atoms with Crippen molar-refractivity contribution in [1.29, 1.82) is 0 Å². The first-order valence-electron chi connectivity index (χ1n) is 10.6. The number of hydrogen-bond acceptors (Lipinski definition) is 5. The molecule has 1 aliphatic heterocycles. The molecule has 3 aromatic rings. The summed E-state index contributed by atoms with van der Waals surface area (Å²) in [7, 11) is 5.49. The lowest BCUT2D eigenvalue weighted by Gasteiger charge is -2.17. The molecule has 0 saturated carbocycles. The van der Waals surface area contributed by atoms with E-state index in [1.54, 1.807) is 19.0 Å². The van der Waals surface area contributed by atoms with Gasteiger partial charge in [-0.05, 0) is 23.6 Å². The van der Waals surface area contributed by atoms with Gasteiger partial charge in [-0.15, -0.1) is 0 Å². The van der Waals surface area contributed by atoms with Crippen LogP contribution in [0.3, 0.4) is 0 Å². The van der Waals surface area contributed by atoms with E-state index in [-0.39, 0.29) is 17.7 Å². The van der Waals surface area contributed by atoms with Crippen molar-refractivity contribution in [2.24, 2.45) is 7.05 Å². The third-order valence-electron chi connectivity index (χ3n) is 6.20. The number of aromatic nitrogens is 3. The summed E-state index contributed by atoms with van der Waals surface area (Å²) >= 11 is 0. The molecule has 1 aromatic carbocycles. The Morgan fingerprint density at radius 2 is 1.97 bits per heavy atom. The minimum Gasteiger partial charge on any atom is -0.383 e. The first-order valence-corrected chi connectivity index (χ1v) is 10.6. The molecule has 0 aliphatic carbocycles. The fourth-order valence-electron chi connectivity index (χ4n) is 4.50. The summed E-state index contributed by atoms with van der Waals surface area (Å²) in [5.41, 5.74) is 11.1. The van der Waals surface area contributed by atoms with E-state index in [1.165, 1.54) is 12.4 Å². The number of rotatable bonds is 5. The van der Waals surface area contributed by atoms with Gasteiger partial charge < -0.3 is 20.1 Å². The molecule has 166 valence electrons. The second-order valence-electron chi connectivity index (χ2n) is 8.41. The zero-order valence-electron chi connectivity index (χ0n) is 18.7. The van der Waals surface area contributed by atoms with Crippen molar-refractivity contribution in [2.75, 3.05) is 32.9 Å². The van der Waals surface area contributed by atoms with Crippen LogP contribution < -0.4 is 5.73 Å². The Morgan fingerprint density at radius 3 is 2.62 bits per heavy atom. The Hall–Kier alpha value is -3.68. The van der Waals surface area contributed by atoms with Gasteiger partial charge in [-0.2, -0.15) is 0 Å². The molecular weight excluding hydrogens is 404 g/mol. The number of nitrogens with two attached hydrogens (primary N) is 1. The Kier molecular flexibility index (Phi) is 5.69. The average Bonchev–Trinajstić information content (AvgIpc) is 3.37. The van der Waals surface area contributed by atoms with Gasteiger partial charge in [-0.25, -0.2) is 9.97 Å². The Bertz CT molecular complexity index is 1200. The van der Waals surface area contributed by atoms with E-state index in [1.807, 2.05) is 36.2 Å². The number of hydrogen-bond donors (Lipinski definition) is 1. The molecular formula is C24H28N6O2. The van der Waals surface area contributed by atoms with Crippen molar-refractivity contribution in [3.8, 4) is 11.1 Å². The number of likely N-dealkylation sites (N-methyl/N-ethyl adjacent to an activating group) is 1. The number of fused-ring (bicyclic) bond motifs is 1. The van der Waals surface area contributed by atoms with Crippen LogP contribution in [0.5, 0.6) is 0 Å². The maximum Gasteiger partial charge on any atom is 0.245 e. The van der Waals surface area contributed by atoms with E-state index in [4.69, 9.17) is 5.73 Å². The molecule has 1 unspecified atom stereocenters. The molecule has 8 heteroatoms. The quantitative estimate of drug-likeness (QED) is 0.624. The fourth-order valence-corrected chi connectivity index (χ4v) is 4.50. The predicted molar refractivity (Wildman–Crippen MR) is 125 cm³/mol. The number of anilines is 1. The van der Waals surface area contributed by atoms with Gasteiger partial charge in [-0.1, -0.05) is 30.8 Å². The summed E-state index contributed by atoms with van der Waals surface area (Å²) in [6.45, 7) is 4.91. The van der Waals surface area contributed by atoms with E-state index in [9.17, 15) is 9.59 Å². The van der Waals surface area contributed by atoms with Crippen LogP contribution in [0, 0.1) is 0 Å². The van der Waals surface area contributed by atoms with Crippen LogP contribution in [0.4, 0.5) is 5.82 Å². The lowest BCUT2D eigenvalue weighted by atomic mass is 9.94. The molecule has 2 amide bonds. The molecule has 1 fully saturated rings. The Balaban J connectivity index is 1.80. The first kappa shape index (κ1) is 21.5. The van der Waals surface area contributed by atoms with Crippen LogP contribution in [0.25, 0.3) is 22.2 Å². The minimum absolute atomic E-state index is 0.0537. The maximum absolute atomic E-state index is 12.2. The van der Waals surface area contributed by atoms with Gasteiger partial charge in [0.05, 0.1) is 11.8 Å². The number of carbonyl (C=O) groups excluding carboxylic acids is 2. The van der Waals surface area contributed by atoms with Crippen molar-refractivity contribution in [1.82, 2.24) is 24.3 Å². The smallest absolute Gasteiger partial charge is 0.245 e. The van der Waals surface area contributed by atoms with Crippen LogP contribution >= 0.6 is 0 Å². The number of carbonyl (C=O) groups is 2. The maximum atomic E-state index is 12.2. The van der Waals surface area contributed by atoms with Crippen molar-refractivity contribution in [3.05, 3.63) is 54.5 Å². The minimum atomic E-state index is -0.0537. The van der Waals surface area contributed by atoms with Crippen LogP contribution in [0.15, 0.2) is 43.2 Å². The van der Waals surface area contributed by atoms with Crippen LogP contribution in [-0.2, 0) is 23.1 Å². The third-order valence-corrected chi connectivity index (χ3v) is 6.20. The topological polar surface area (TPSA) is 97.3 Å². The first-order chi connectivity index (χ1) is 15.3. The highest BCUT2D eigenvalue weighted by Crippen LogP contribution is 2.42. The lowest BCUT2D eigenvalue weighted by Crippen LogP contribution is -2.26. The summed E-state index contributed by atoms with van der Waals surface area (Å²) in [5.74, 6) is 0.569. The molecule has 0 bridgehead atoms.